The third-order valence-electron chi connectivity index (χ3n) is 6.53. The lowest BCUT2D eigenvalue weighted by Gasteiger charge is -2.28. The van der Waals surface area contributed by atoms with Gasteiger partial charge in [0, 0.05) is 29.0 Å². The molecule has 0 unspecified atom stereocenters. The minimum absolute atomic E-state index is 0.0106. The predicted molar refractivity (Wildman–Crippen MR) is 139 cm³/mol. The van der Waals surface area contributed by atoms with Gasteiger partial charge in [-0.1, -0.05) is 49.4 Å². The summed E-state index contributed by atoms with van der Waals surface area (Å²) in [5.41, 5.74) is 8.35. The molecule has 0 amide bonds. The molecule has 5 rings (SSSR count). The van der Waals surface area contributed by atoms with Crippen molar-refractivity contribution < 1.29 is 0 Å². The Morgan fingerprint density at radius 2 is 1.67 bits per heavy atom. The van der Waals surface area contributed by atoms with Crippen molar-refractivity contribution in [1.82, 2.24) is 14.9 Å². The Morgan fingerprint density at radius 3 is 2.39 bits per heavy atom. The lowest BCUT2D eigenvalue weighted by atomic mass is 9.96. The zero-order chi connectivity index (χ0) is 22.9. The van der Waals surface area contributed by atoms with E-state index < -0.39 is 0 Å². The summed E-state index contributed by atoms with van der Waals surface area (Å²) in [6.45, 7) is 6.61. The molecule has 0 saturated carbocycles. The number of hydrogen-bond donors (Lipinski definition) is 1. The van der Waals surface area contributed by atoms with E-state index in [-0.39, 0.29) is 12.1 Å². The Labute approximate surface area is 200 Å². The van der Waals surface area contributed by atoms with Crippen molar-refractivity contribution in [3.8, 4) is 5.69 Å². The molecule has 2 aromatic carbocycles. The molecule has 1 fully saturated rings. The molecular formula is C28H28N4S. The van der Waals surface area contributed by atoms with E-state index in [0.29, 0.717) is 0 Å². The summed E-state index contributed by atoms with van der Waals surface area (Å²) in [5.74, 6) is 0. The van der Waals surface area contributed by atoms with Gasteiger partial charge in [0.15, 0.2) is 5.11 Å². The maximum Gasteiger partial charge on any atom is 0.174 e. The minimum atomic E-state index is -0.0470. The fraction of sp³-hybridized carbons (Fsp3) is 0.214. The van der Waals surface area contributed by atoms with E-state index in [9.17, 15) is 0 Å². The summed E-state index contributed by atoms with van der Waals surface area (Å²) in [6, 6.07) is 27.4. The summed E-state index contributed by atoms with van der Waals surface area (Å²) < 4.78 is 2.38. The molecule has 2 aromatic heterocycles. The molecular weight excluding hydrogens is 424 g/mol. The molecule has 166 valence electrons. The van der Waals surface area contributed by atoms with Gasteiger partial charge in [-0.2, -0.15) is 0 Å². The summed E-state index contributed by atoms with van der Waals surface area (Å²) >= 11 is 5.87. The van der Waals surface area contributed by atoms with Gasteiger partial charge in [-0.05, 0) is 80.0 Å². The van der Waals surface area contributed by atoms with Gasteiger partial charge in [-0.3, -0.25) is 4.98 Å². The number of para-hydroxylation sites is 2. The Balaban J connectivity index is 1.69. The molecule has 0 spiro atoms. The van der Waals surface area contributed by atoms with E-state index in [1.54, 1.807) is 0 Å². The van der Waals surface area contributed by atoms with Gasteiger partial charge in [-0.25, -0.2) is 0 Å². The largest absolute Gasteiger partial charge is 0.351 e. The molecule has 3 heterocycles. The molecule has 33 heavy (non-hydrogen) atoms. The van der Waals surface area contributed by atoms with Crippen LogP contribution >= 0.6 is 12.2 Å². The first-order valence-electron chi connectivity index (χ1n) is 11.4. The van der Waals surface area contributed by atoms with Crippen LogP contribution in [-0.4, -0.2) is 14.7 Å². The number of rotatable bonds is 5. The molecule has 2 atom stereocenters. The molecule has 4 nitrogen and oxygen atoms in total. The van der Waals surface area contributed by atoms with Gasteiger partial charge in [0.1, 0.15) is 0 Å². The van der Waals surface area contributed by atoms with Crippen molar-refractivity contribution in [1.29, 1.82) is 0 Å². The number of nitrogens with one attached hydrogen (secondary N) is 1. The Kier molecular flexibility index (Phi) is 5.73. The van der Waals surface area contributed by atoms with Gasteiger partial charge in [0.25, 0.3) is 0 Å². The topological polar surface area (TPSA) is 33.1 Å². The first-order valence-corrected chi connectivity index (χ1v) is 11.8. The predicted octanol–water partition coefficient (Wildman–Crippen LogP) is 6.23. The van der Waals surface area contributed by atoms with Gasteiger partial charge in [-0.15, -0.1) is 0 Å². The molecule has 0 aliphatic carbocycles. The van der Waals surface area contributed by atoms with Crippen molar-refractivity contribution in [2.24, 2.45) is 0 Å². The van der Waals surface area contributed by atoms with E-state index >= 15 is 0 Å². The lowest BCUT2D eigenvalue weighted by Crippen LogP contribution is -2.29. The number of benzene rings is 2. The maximum atomic E-state index is 5.87. The quantitative estimate of drug-likeness (QED) is 0.364. The van der Waals surface area contributed by atoms with Crippen LogP contribution in [0.3, 0.4) is 0 Å². The van der Waals surface area contributed by atoms with Crippen LogP contribution in [-0.2, 0) is 6.42 Å². The van der Waals surface area contributed by atoms with E-state index in [0.717, 1.165) is 22.9 Å². The molecule has 1 aliphatic heterocycles. The normalized spacial score (nSPS) is 17.9. The SMILES string of the molecule is CCc1ccccc1-n1c(C)cc([C@@H]2[C@H](c3ccccn3)NC(=S)N2c2ccccc2)c1C. The smallest absolute Gasteiger partial charge is 0.174 e. The van der Waals surface area contributed by atoms with Crippen molar-refractivity contribution in [3.63, 3.8) is 0 Å². The standard InChI is InChI=1S/C28H28N4S/c1-4-21-12-8-9-16-25(21)31-19(2)18-23(20(31)3)27-26(24-15-10-11-17-29-24)30-28(33)32(27)22-13-6-5-7-14-22/h5-18,26-27H,4H2,1-3H3,(H,30,33)/t26-,27+/m0/s1. The van der Waals surface area contributed by atoms with Crippen molar-refractivity contribution >= 4 is 23.0 Å². The number of hydrogen-bond acceptors (Lipinski definition) is 2. The van der Waals surface area contributed by atoms with Crippen LogP contribution in [0.2, 0.25) is 0 Å². The van der Waals surface area contributed by atoms with Crippen molar-refractivity contribution in [2.45, 2.75) is 39.3 Å². The Morgan fingerprint density at radius 1 is 0.939 bits per heavy atom. The second-order valence-corrected chi connectivity index (χ2v) is 8.86. The summed E-state index contributed by atoms with van der Waals surface area (Å²) in [5, 5.41) is 4.29. The Hall–Kier alpha value is -3.44. The summed E-state index contributed by atoms with van der Waals surface area (Å²) in [6.07, 6.45) is 2.84. The van der Waals surface area contributed by atoms with E-state index in [1.807, 2.05) is 24.4 Å². The lowest BCUT2D eigenvalue weighted by molar-refractivity contribution is 0.565. The van der Waals surface area contributed by atoms with Gasteiger partial charge in [0.05, 0.1) is 17.8 Å². The molecule has 1 aliphatic rings. The van der Waals surface area contributed by atoms with E-state index in [4.69, 9.17) is 12.2 Å². The van der Waals surface area contributed by atoms with Crippen LogP contribution in [0, 0.1) is 13.8 Å². The number of nitrogens with zero attached hydrogens (tertiary/aromatic N) is 3. The fourth-order valence-electron chi connectivity index (χ4n) is 5.02. The Bertz CT molecular complexity index is 1280. The maximum absolute atomic E-state index is 5.87. The highest BCUT2D eigenvalue weighted by molar-refractivity contribution is 7.80. The summed E-state index contributed by atoms with van der Waals surface area (Å²) in [7, 11) is 0. The van der Waals surface area contributed by atoms with E-state index in [1.165, 1.54) is 28.2 Å². The number of aromatic nitrogens is 2. The van der Waals surface area contributed by atoms with Crippen LogP contribution < -0.4 is 10.2 Å². The average molecular weight is 453 g/mol. The zero-order valence-corrected chi connectivity index (χ0v) is 20.0. The van der Waals surface area contributed by atoms with Crippen LogP contribution in [0.4, 0.5) is 5.69 Å². The molecule has 5 heteroatoms. The number of anilines is 1. The second-order valence-electron chi connectivity index (χ2n) is 8.48. The number of pyridine rings is 1. The fourth-order valence-corrected chi connectivity index (χ4v) is 5.37. The van der Waals surface area contributed by atoms with Crippen LogP contribution in [0.1, 0.15) is 47.2 Å². The first-order chi connectivity index (χ1) is 16.1. The summed E-state index contributed by atoms with van der Waals surface area (Å²) in [4.78, 5) is 6.93. The van der Waals surface area contributed by atoms with Crippen LogP contribution in [0.25, 0.3) is 5.69 Å². The number of thiocarbonyl (C=S) groups is 1. The van der Waals surface area contributed by atoms with Crippen LogP contribution in [0.15, 0.2) is 85.1 Å². The first kappa shape index (κ1) is 21.4. The zero-order valence-electron chi connectivity index (χ0n) is 19.2. The van der Waals surface area contributed by atoms with Gasteiger partial charge >= 0.3 is 0 Å². The third-order valence-corrected chi connectivity index (χ3v) is 6.85. The molecule has 1 N–H and O–H groups in total. The highest BCUT2D eigenvalue weighted by Crippen LogP contribution is 2.43. The molecule has 4 aromatic rings. The molecule has 1 saturated heterocycles. The van der Waals surface area contributed by atoms with Crippen molar-refractivity contribution in [2.75, 3.05) is 4.90 Å². The molecule has 0 bridgehead atoms. The second kappa shape index (κ2) is 8.83. The minimum Gasteiger partial charge on any atom is -0.351 e. The highest BCUT2D eigenvalue weighted by Gasteiger charge is 2.42. The van der Waals surface area contributed by atoms with E-state index in [2.05, 4.69) is 101 Å². The van der Waals surface area contributed by atoms with Crippen molar-refractivity contribution in [3.05, 3.63) is 113 Å². The number of aryl methyl sites for hydroxylation is 2. The van der Waals surface area contributed by atoms with Gasteiger partial charge < -0.3 is 14.8 Å². The highest BCUT2D eigenvalue weighted by atomic mass is 32.1. The molecule has 0 radical (unpaired) electrons. The monoisotopic (exact) mass is 452 g/mol. The van der Waals surface area contributed by atoms with Gasteiger partial charge in [0.2, 0.25) is 0 Å². The average Bonchev–Trinajstić information content (AvgIpc) is 3.35. The third kappa shape index (κ3) is 3.72. The van der Waals surface area contributed by atoms with Crippen LogP contribution in [0.5, 0.6) is 0 Å².